The van der Waals surface area contributed by atoms with Crippen LogP contribution in [-0.2, 0) is 23.8 Å². The minimum atomic E-state index is -0.635. The maximum atomic E-state index is 13.3. The van der Waals surface area contributed by atoms with Crippen molar-refractivity contribution in [2.24, 2.45) is 0 Å². The molecule has 6 aliphatic rings. The molecule has 61 heavy (non-hydrogen) atoms. The number of aldehydes is 1. The van der Waals surface area contributed by atoms with Crippen LogP contribution in [0.5, 0.6) is 34.5 Å². The molecule has 0 bridgehead atoms. The quantitative estimate of drug-likeness (QED) is 0.160. The van der Waals surface area contributed by atoms with Gasteiger partial charge in [0.05, 0.1) is 18.6 Å². The Bertz CT molecular complexity index is 2330. The zero-order valence-corrected chi connectivity index (χ0v) is 33.1. The summed E-state index contributed by atoms with van der Waals surface area (Å²) in [6, 6.07) is 36.1. The zero-order chi connectivity index (χ0) is 41.5. The highest BCUT2D eigenvalue weighted by molar-refractivity contribution is 5.79. The SMILES string of the molecule is O=C1CN[C@@H](c2ccccc2)CO1.O=C1OC[C@H](c2ccccc2)N2C1[C@@H](c1ccc3c(c1)OCCO3)O[C@H]2c1ccc2c(c1)OCCO2.O=Cc1ccc2c(c1)OCCO2. The fraction of sp³-hybridized carbons (Fsp3) is 0.298. The molecule has 0 saturated carbocycles. The number of esters is 2. The van der Waals surface area contributed by atoms with Crippen LogP contribution in [0.15, 0.2) is 115 Å². The Labute approximate surface area is 352 Å². The number of benzene rings is 5. The van der Waals surface area contributed by atoms with Crippen LogP contribution < -0.4 is 33.7 Å². The van der Waals surface area contributed by atoms with E-state index in [1.165, 1.54) is 0 Å². The molecular formula is C47H44N2O12. The van der Waals surface area contributed by atoms with Gasteiger partial charge in [-0.05, 0) is 64.7 Å². The molecule has 11 rings (SSSR count). The van der Waals surface area contributed by atoms with Crippen LogP contribution in [0.4, 0.5) is 0 Å². The molecule has 1 N–H and O–H groups in total. The molecule has 0 amide bonds. The first kappa shape index (κ1) is 39.8. The minimum absolute atomic E-state index is 0.152. The highest BCUT2D eigenvalue weighted by Gasteiger charge is 2.54. The molecule has 5 atom stereocenters. The molecule has 1 unspecified atom stereocenters. The molecule has 6 heterocycles. The van der Waals surface area contributed by atoms with E-state index in [0.717, 1.165) is 28.5 Å². The first-order valence-electron chi connectivity index (χ1n) is 20.2. The lowest BCUT2D eigenvalue weighted by atomic mass is 9.96. The number of hydrogen-bond donors (Lipinski definition) is 1. The van der Waals surface area contributed by atoms with Crippen LogP contribution in [0.3, 0.4) is 0 Å². The van der Waals surface area contributed by atoms with Crippen LogP contribution in [0.25, 0.3) is 0 Å². The number of rotatable bonds is 5. The molecule has 3 saturated heterocycles. The molecule has 3 fully saturated rings. The normalized spacial score (nSPS) is 23.3. The number of nitrogens with one attached hydrogen (secondary N) is 1. The predicted octanol–water partition coefficient (Wildman–Crippen LogP) is 6.11. The van der Waals surface area contributed by atoms with E-state index in [9.17, 15) is 14.4 Å². The summed E-state index contributed by atoms with van der Waals surface area (Å²) < 4.78 is 51.0. The van der Waals surface area contributed by atoms with Gasteiger partial charge < -0.3 is 42.6 Å². The number of fused-ring (bicyclic) bond motifs is 4. The molecule has 5 aromatic rings. The van der Waals surface area contributed by atoms with Gasteiger partial charge in [0.25, 0.3) is 0 Å². The van der Waals surface area contributed by atoms with E-state index in [2.05, 4.69) is 22.3 Å². The highest BCUT2D eigenvalue weighted by atomic mass is 16.6. The Morgan fingerprint density at radius 2 is 1.07 bits per heavy atom. The van der Waals surface area contributed by atoms with Crippen molar-refractivity contribution in [3.8, 4) is 34.5 Å². The van der Waals surface area contributed by atoms with Gasteiger partial charge in [-0.15, -0.1) is 0 Å². The summed E-state index contributed by atoms with van der Waals surface area (Å²) in [4.78, 5) is 36.6. The van der Waals surface area contributed by atoms with Crippen LogP contribution in [0, 0.1) is 0 Å². The summed E-state index contributed by atoms with van der Waals surface area (Å²) in [5.74, 6) is 3.63. The smallest absolute Gasteiger partial charge is 0.326 e. The van der Waals surface area contributed by atoms with Gasteiger partial charge in [-0.25, -0.2) is 4.90 Å². The third-order valence-electron chi connectivity index (χ3n) is 10.9. The van der Waals surface area contributed by atoms with Crippen molar-refractivity contribution in [1.29, 1.82) is 0 Å². The maximum absolute atomic E-state index is 13.3. The fourth-order valence-electron chi connectivity index (χ4n) is 7.95. The van der Waals surface area contributed by atoms with E-state index >= 15 is 0 Å². The lowest BCUT2D eigenvalue weighted by molar-refractivity contribution is -0.163. The van der Waals surface area contributed by atoms with Crippen LogP contribution in [-0.4, -0.2) is 88.6 Å². The maximum Gasteiger partial charge on any atom is 0.326 e. The summed E-state index contributed by atoms with van der Waals surface area (Å²) in [7, 11) is 0. The summed E-state index contributed by atoms with van der Waals surface area (Å²) >= 11 is 0. The Kier molecular flexibility index (Phi) is 12.0. The second-order valence-corrected chi connectivity index (χ2v) is 14.7. The van der Waals surface area contributed by atoms with Gasteiger partial charge in [-0.2, -0.15) is 0 Å². The van der Waals surface area contributed by atoms with Gasteiger partial charge >= 0.3 is 11.9 Å². The number of carbonyl (C=O) groups is 3. The van der Waals surface area contributed by atoms with Crippen LogP contribution in [0.1, 0.15) is 57.0 Å². The van der Waals surface area contributed by atoms with Crippen LogP contribution in [0.2, 0.25) is 0 Å². The molecule has 0 aliphatic carbocycles. The van der Waals surface area contributed by atoms with Crippen molar-refractivity contribution in [2.45, 2.75) is 30.5 Å². The zero-order valence-electron chi connectivity index (χ0n) is 33.1. The second-order valence-electron chi connectivity index (χ2n) is 14.7. The number of ether oxygens (including phenoxy) is 9. The lowest BCUT2D eigenvalue weighted by Gasteiger charge is -2.39. The predicted molar refractivity (Wildman–Crippen MR) is 218 cm³/mol. The Morgan fingerprint density at radius 3 is 1.66 bits per heavy atom. The molecule has 6 aliphatic heterocycles. The highest BCUT2D eigenvalue weighted by Crippen LogP contribution is 2.51. The molecule has 0 spiro atoms. The van der Waals surface area contributed by atoms with E-state index in [-0.39, 0.29) is 30.6 Å². The summed E-state index contributed by atoms with van der Waals surface area (Å²) in [5, 5.41) is 3.11. The molecular weight excluding hydrogens is 785 g/mol. The van der Waals surface area contributed by atoms with Crippen molar-refractivity contribution in [3.63, 3.8) is 0 Å². The minimum Gasteiger partial charge on any atom is -0.486 e. The molecule has 14 heteroatoms. The Balaban J connectivity index is 0.000000154. The van der Waals surface area contributed by atoms with Gasteiger partial charge in [0.1, 0.15) is 77.5 Å². The first-order valence-corrected chi connectivity index (χ1v) is 20.2. The number of carbonyl (C=O) groups excluding carboxylic acids is 3. The van der Waals surface area contributed by atoms with E-state index < -0.39 is 18.4 Å². The van der Waals surface area contributed by atoms with Gasteiger partial charge in [0.2, 0.25) is 0 Å². The third kappa shape index (κ3) is 8.83. The summed E-state index contributed by atoms with van der Waals surface area (Å²) in [5.41, 5.74) is 4.55. The first-order chi connectivity index (χ1) is 30.0. The van der Waals surface area contributed by atoms with Crippen molar-refractivity contribution < 1.29 is 57.0 Å². The fourth-order valence-corrected chi connectivity index (χ4v) is 7.95. The number of nitrogens with zero attached hydrogens (tertiary/aromatic N) is 1. The average molecular weight is 829 g/mol. The van der Waals surface area contributed by atoms with Crippen molar-refractivity contribution in [1.82, 2.24) is 10.2 Å². The van der Waals surface area contributed by atoms with E-state index in [4.69, 9.17) is 42.6 Å². The van der Waals surface area contributed by atoms with Crippen molar-refractivity contribution in [3.05, 3.63) is 143 Å². The van der Waals surface area contributed by atoms with E-state index in [1.54, 1.807) is 18.2 Å². The van der Waals surface area contributed by atoms with Gasteiger partial charge in [-0.3, -0.25) is 19.7 Å². The molecule has 314 valence electrons. The van der Waals surface area contributed by atoms with Gasteiger partial charge in [0, 0.05) is 5.56 Å². The molecule has 5 aromatic carbocycles. The average Bonchev–Trinajstić information content (AvgIpc) is 3.74. The van der Waals surface area contributed by atoms with Crippen molar-refractivity contribution >= 4 is 18.2 Å². The molecule has 0 radical (unpaired) electrons. The summed E-state index contributed by atoms with van der Waals surface area (Å²) in [6.45, 7) is 4.12. The van der Waals surface area contributed by atoms with E-state index in [0.29, 0.717) is 92.9 Å². The van der Waals surface area contributed by atoms with Gasteiger partial charge in [0.15, 0.2) is 34.5 Å². The number of hydrogen-bond acceptors (Lipinski definition) is 14. The summed E-state index contributed by atoms with van der Waals surface area (Å²) in [6.07, 6.45) is -0.266. The van der Waals surface area contributed by atoms with Gasteiger partial charge in [-0.1, -0.05) is 72.8 Å². The topological polar surface area (TPSA) is 150 Å². The standard InChI is InChI=1S/C28H25NO7.C10H11NO2.C9H8O3/c30-28-25-26(18-6-8-21-23(14-18)33-12-10-31-21)36-27(19-7-9-22-24(15-19)34-13-11-32-22)29(25)20(16-35-28)17-4-2-1-3-5-17;12-10-6-11-9(7-13-10)8-4-2-1-3-5-8;10-6-7-1-2-8-9(5-7)12-4-3-11-8/h1-9,14-15,20,25-27H,10-13,16H2;1-5,9,11H,6-7H2;1-2,5-6H,3-4H2/t20-,25?,26-,27+;9-;/m11./s1. The van der Waals surface area contributed by atoms with Crippen molar-refractivity contribution in [2.75, 3.05) is 59.4 Å². The monoisotopic (exact) mass is 828 g/mol. The van der Waals surface area contributed by atoms with E-state index in [1.807, 2.05) is 84.9 Å². The second kappa shape index (κ2) is 18.3. The number of morpholine rings is 2. The largest absolute Gasteiger partial charge is 0.486 e. The lowest BCUT2D eigenvalue weighted by Crippen LogP contribution is -2.49. The molecule has 0 aromatic heterocycles. The Hall–Kier alpha value is -6.61. The Morgan fingerprint density at radius 1 is 0.525 bits per heavy atom. The number of cyclic esters (lactones) is 2. The molecule has 14 nitrogen and oxygen atoms in total. The van der Waals surface area contributed by atoms with Crippen LogP contribution >= 0.6 is 0 Å². The third-order valence-corrected chi connectivity index (χ3v) is 10.9.